The zero-order chi connectivity index (χ0) is 38.5. The molecule has 2 aromatic carbocycles. The number of alkyl halides is 1. The van der Waals surface area contributed by atoms with Crippen LogP contribution in [0.5, 0.6) is 0 Å². The van der Waals surface area contributed by atoms with E-state index in [1.54, 1.807) is 7.05 Å². The molecule has 4 N–H and O–H groups in total. The summed E-state index contributed by atoms with van der Waals surface area (Å²) in [7, 11) is 1.81. The highest BCUT2D eigenvalue weighted by atomic mass is 35.5. The number of nitrogens with one attached hydrogen (secondary N) is 4. The first kappa shape index (κ1) is 35.9. The number of nitrogens with zero attached hydrogens (tertiary/aromatic N) is 7. The maximum atomic E-state index is 13.5. The second-order valence-corrected chi connectivity index (χ2v) is 15.1. The van der Waals surface area contributed by atoms with Gasteiger partial charge in [0.25, 0.3) is 5.91 Å². The molecule has 3 fully saturated rings. The number of carbonyl (C=O) groups is 3. The zero-order valence-corrected chi connectivity index (χ0v) is 31.5. The first-order chi connectivity index (χ1) is 27.2. The van der Waals surface area contributed by atoms with Crippen LogP contribution in [-0.2, 0) is 22.6 Å². The van der Waals surface area contributed by atoms with Crippen molar-refractivity contribution in [1.82, 2.24) is 35.1 Å². The number of benzene rings is 2. The normalized spacial score (nSPS) is 20.9. The lowest BCUT2D eigenvalue weighted by Gasteiger charge is -2.36. The average Bonchev–Trinajstić information content (AvgIpc) is 3.52. The number of rotatable bonds is 10. The van der Waals surface area contributed by atoms with Gasteiger partial charge < -0.3 is 25.8 Å². The van der Waals surface area contributed by atoms with E-state index in [-0.39, 0.29) is 17.5 Å². The first-order valence-electron chi connectivity index (χ1n) is 19.0. The van der Waals surface area contributed by atoms with Gasteiger partial charge in [0.1, 0.15) is 12.2 Å². The third-order valence-electron chi connectivity index (χ3n) is 11.1. The van der Waals surface area contributed by atoms with E-state index >= 15 is 0 Å². The molecule has 0 radical (unpaired) electrons. The molecule has 3 atom stereocenters. The minimum Gasteiger partial charge on any atom is -0.385 e. The van der Waals surface area contributed by atoms with Crippen molar-refractivity contribution in [1.29, 1.82) is 0 Å². The summed E-state index contributed by atoms with van der Waals surface area (Å²) in [5, 5.41) is 16.9. The van der Waals surface area contributed by atoms with E-state index in [0.717, 1.165) is 73.0 Å². The van der Waals surface area contributed by atoms with Gasteiger partial charge >= 0.3 is 0 Å². The number of piperidine rings is 1. The topological polar surface area (TPSA) is 152 Å². The summed E-state index contributed by atoms with van der Waals surface area (Å²) < 4.78 is 15.1. The lowest BCUT2D eigenvalue weighted by atomic mass is 10.0. The predicted molar refractivity (Wildman–Crippen MR) is 212 cm³/mol. The number of anilines is 5. The van der Waals surface area contributed by atoms with Gasteiger partial charge in [-0.15, -0.1) is 5.10 Å². The fraction of sp³-hybridized carbons (Fsp3) is 0.350. The Morgan fingerprint density at radius 3 is 2.55 bits per heavy atom. The van der Waals surface area contributed by atoms with Crippen molar-refractivity contribution in [3.63, 3.8) is 0 Å². The minimum absolute atomic E-state index is 0.246. The summed E-state index contributed by atoms with van der Waals surface area (Å²) in [5.74, 6) is -0.297. The minimum atomic E-state index is -1.01. The molecule has 0 spiro atoms. The summed E-state index contributed by atoms with van der Waals surface area (Å²) >= 11 is 6.60. The molecule has 3 aromatic heterocycles. The highest BCUT2D eigenvalue weighted by Gasteiger charge is 2.39. The summed E-state index contributed by atoms with van der Waals surface area (Å²) in [6.07, 6.45) is 4.30. The number of carbonyl (C=O) groups excluding carboxylic acids is 3. The summed E-state index contributed by atoms with van der Waals surface area (Å²) in [6.45, 7) is 4.96. The molecular weight excluding hydrogens is 737 g/mol. The molecule has 56 heavy (non-hydrogen) atoms. The molecule has 1 aliphatic carbocycles. The molecule has 16 heteroatoms. The third-order valence-corrected chi connectivity index (χ3v) is 11.4. The number of imide groups is 1. The number of piperazine rings is 1. The highest BCUT2D eigenvalue weighted by molar-refractivity contribution is 6.33. The van der Waals surface area contributed by atoms with Crippen LogP contribution < -0.4 is 31.1 Å². The Kier molecular flexibility index (Phi) is 9.41. The predicted octanol–water partition coefficient (Wildman–Crippen LogP) is 4.56. The maximum absolute atomic E-state index is 13.5. The van der Waals surface area contributed by atoms with Crippen molar-refractivity contribution in [2.45, 2.75) is 50.5 Å². The number of fused-ring (bicyclic) bond motifs is 2. The van der Waals surface area contributed by atoms with Crippen LogP contribution in [0.1, 0.15) is 40.9 Å². The van der Waals surface area contributed by atoms with Crippen LogP contribution in [0.4, 0.5) is 33.0 Å². The van der Waals surface area contributed by atoms with Gasteiger partial charge in [0, 0.05) is 76.5 Å². The Bertz CT molecular complexity index is 2350. The Morgan fingerprint density at radius 2 is 1.82 bits per heavy atom. The molecule has 3 aliphatic heterocycles. The van der Waals surface area contributed by atoms with Crippen molar-refractivity contribution >= 4 is 63.5 Å². The molecule has 0 bridgehead atoms. The second-order valence-electron chi connectivity index (χ2n) is 14.7. The van der Waals surface area contributed by atoms with Crippen LogP contribution in [0.25, 0.3) is 16.9 Å². The molecular formula is C40H41ClFN11O3. The van der Waals surface area contributed by atoms with Crippen LogP contribution in [0, 0.1) is 0 Å². The number of aromatic nitrogens is 4. The van der Waals surface area contributed by atoms with Crippen LogP contribution >= 0.6 is 11.6 Å². The summed E-state index contributed by atoms with van der Waals surface area (Å²) in [6, 6.07) is 17.3. The van der Waals surface area contributed by atoms with Crippen molar-refractivity contribution < 1.29 is 18.8 Å². The number of hydrogen-bond acceptors (Lipinski definition) is 11. The van der Waals surface area contributed by atoms with E-state index in [2.05, 4.69) is 65.2 Å². The standard InChI is InChI=1S/C40H41ClFN11O3/c1-43-33-19-36(49-53-35(21-45-38(33)53)40(56)47-32-18-28(32)42)52-12-11-26-25(3-2-4-34(26)52)29-8-6-24(20-44-29)51-15-13-50(14-16-51)22-23-5-7-30(27(41)17-23)46-31-9-10-37(54)48-39(31)55/h2-8,17,19-21,28,31-32,43,46H,9-16,18,22H2,1H3,(H,47,56)(H,48,54,55)/t28-,31?,32+/m0/s1. The molecule has 1 saturated carbocycles. The van der Waals surface area contributed by atoms with Gasteiger partial charge in [0.05, 0.1) is 46.2 Å². The summed E-state index contributed by atoms with van der Waals surface area (Å²) in [4.78, 5) is 52.9. The van der Waals surface area contributed by atoms with Crippen molar-refractivity contribution in [3.05, 3.63) is 88.8 Å². The van der Waals surface area contributed by atoms with Gasteiger partial charge in [-0.2, -0.15) is 0 Å². The Hall–Kier alpha value is -5.80. The quantitative estimate of drug-likeness (QED) is 0.148. The van der Waals surface area contributed by atoms with Gasteiger partial charge in [0.2, 0.25) is 11.8 Å². The molecule has 6 heterocycles. The molecule has 3 amide bonds. The van der Waals surface area contributed by atoms with E-state index in [1.165, 1.54) is 16.3 Å². The first-order valence-corrected chi connectivity index (χ1v) is 19.3. The second kappa shape index (κ2) is 14.7. The van der Waals surface area contributed by atoms with Crippen LogP contribution in [-0.4, -0.2) is 100 Å². The number of amides is 3. The molecule has 4 aliphatic rings. The number of imidazole rings is 1. The highest BCUT2D eigenvalue weighted by Crippen LogP contribution is 2.40. The summed E-state index contributed by atoms with van der Waals surface area (Å²) in [5.41, 5.74) is 8.54. The van der Waals surface area contributed by atoms with E-state index in [0.29, 0.717) is 48.0 Å². The van der Waals surface area contributed by atoms with Crippen LogP contribution in [0.15, 0.2) is 67.0 Å². The fourth-order valence-electron chi connectivity index (χ4n) is 7.84. The van der Waals surface area contributed by atoms with E-state index < -0.39 is 24.2 Å². The van der Waals surface area contributed by atoms with E-state index in [1.807, 2.05) is 36.5 Å². The maximum Gasteiger partial charge on any atom is 0.271 e. The Balaban J connectivity index is 0.847. The molecule has 9 rings (SSSR count). The van der Waals surface area contributed by atoms with E-state index in [9.17, 15) is 18.8 Å². The van der Waals surface area contributed by atoms with Crippen molar-refractivity contribution in [2.24, 2.45) is 0 Å². The lowest BCUT2D eigenvalue weighted by molar-refractivity contribution is -0.133. The van der Waals surface area contributed by atoms with Gasteiger partial charge in [-0.1, -0.05) is 29.8 Å². The zero-order valence-electron chi connectivity index (χ0n) is 30.8. The van der Waals surface area contributed by atoms with Gasteiger partial charge in [0.15, 0.2) is 17.2 Å². The number of pyridine rings is 1. The molecule has 2 saturated heterocycles. The third kappa shape index (κ3) is 6.96. The van der Waals surface area contributed by atoms with Crippen molar-refractivity contribution in [3.8, 4) is 11.3 Å². The fourth-order valence-corrected chi connectivity index (χ4v) is 8.10. The molecule has 288 valence electrons. The van der Waals surface area contributed by atoms with Crippen LogP contribution in [0.2, 0.25) is 5.02 Å². The number of halogens is 2. The Morgan fingerprint density at radius 1 is 0.982 bits per heavy atom. The van der Waals surface area contributed by atoms with E-state index in [4.69, 9.17) is 21.7 Å². The number of hydrogen-bond donors (Lipinski definition) is 4. The van der Waals surface area contributed by atoms with Crippen molar-refractivity contribution in [2.75, 3.05) is 60.2 Å². The van der Waals surface area contributed by atoms with Gasteiger partial charge in [-0.05, 0) is 54.3 Å². The molecule has 1 unspecified atom stereocenters. The lowest BCUT2D eigenvalue weighted by Crippen LogP contribution is -2.47. The largest absolute Gasteiger partial charge is 0.385 e. The monoisotopic (exact) mass is 777 g/mol. The molecule has 14 nitrogen and oxygen atoms in total. The van der Waals surface area contributed by atoms with Crippen LogP contribution in [0.3, 0.4) is 0 Å². The average molecular weight is 778 g/mol. The smallest absolute Gasteiger partial charge is 0.271 e. The van der Waals surface area contributed by atoms with Gasteiger partial charge in [-0.25, -0.2) is 13.9 Å². The molecule has 5 aromatic rings. The Labute approximate surface area is 327 Å². The SMILES string of the molecule is CNc1cc(N2CCc3c(-c4ccc(N5CCN(Cc6ccc(NC7CCC(=O)NC7=O)c(Cl)c6)CC5)cn4)cccc32)nn2c(C(=O)N[C@@H]3C[C@@H]3F)cnc12. The van der Waals surface area contributed by atoms with Gasteiger partial charge in [-0.3, -0.25) is 29.6 Å².